The van der Waals surface area contributed by atoms with Gasteiger partial charge in [0.05, 0.1) is 5.02 Å². The summed E-state index contributed by atoms with van der Waals surface area (Å²) in [5, 5.41) is 7.64. The van der Waals surface area contributed by atoms with Crippen LogP contribution in [0.3, 0.4) is 0 Å². The van der Waals surface area contributed by atoms with E-state index >= 15 is 0 Å². The maximum absolute atomic E-state index is 6.19. The van der Waals surface area contributed by atoms with Gasteiger partial charge in [0.1, 0.15) is 13.2 Å². The molecule has 3 rings (SSSR count). The highest BCUT2D eigenvalue weighted by Crippen LogP contribution is 2.38. The van der Waals surface area contributed by atoms with Gasteiger partial charge in [0.15, 0.2) is 17.3 Å². The number of fused-ring (bicyclic) bond motifs is 1. The number of nitrogens with one attached hydrogen (secondary N) is 1. The molecule has 0 saturated heterocycles. The molecule has 2 aromatic rings. The Hall–Kier alpha value is -1.79. The number of hydrogen-bond acceptors (Lipinski definition) is 6. The molecule has 7 heteroatoms. The highest BCUT2D eigenvalue weighted by Gasteiger charge is 2.16. The molecule has 0 spiro atoms. The molecule has 112 valence electrons. The van der Waals surface area contributed by atoms with Crippen molar-refractivity contribution in [2.75, 3.05) is 19.8 Å². The van der Waals surface area contributed by atoms with Crippen molar-refractivity contribution >= 4 is 11.6 Å². The van der Waals surface area contributed by atoms with Gasteiger partial charge in [-0.2, -0.15) is 4.98 Å². The van der Waals surface area contributed by atoms with Crippen LogP contribution in [0.2, 0.25) is 5.02 Å². The lowest BCUT2D eigenvalue weighted by Gasteiger charge is -2.20. The van der Waals surface area contributed by atoms with Crippen LogP contribution in [0.1, 0.15) is 17.3 Å². The van der Waals surface area contributed by atoms with E-state index in [0.717, 1.165) is 12.1 Å². The van der Waals surface area contributed by atoms with E-state index in [1.165, 1.54) is 0 Å². The average molecular weight is 310 g/mol. The van der Waals surface area contributed by atoms with E-state index in [9.17, 15) is 0 Å². The smallest absolute Gasteiger partial charge is 0.227 e. The topological polar surface area (TPSA) is 69.4 Å². The first-order chi connectivity index (χ1) is 10.2. The summed E-state index contributed by atoms with van der Waals surface area (Å²) in [6.07, 6.45) is 0.694. The molecule has 0 aliphatic carbocycles. The fraction of sp³-hybridized carbons (Fsp3) is 0.429. The van der Waals surface area contributed by atoms with Gasteiger partial charge in [-0.1, -0.05) is 16.8 Å². The molecule has 1 aliphatic rings. The van der Waals surface area contributed by atoms with Gasteiger partial charge >= 0.3 is 0 Å². The van der Waals surface area contributed by atoms with E-state index in [4.69, 9.17) is 25.6 Å². The fourth-order valence-corrected chi connectivity index (χ4v) is 2.42. The van der Waals surface area contributed by atoms with Crippen LogP contribution >= 0.6 is 11.6 Å². The number of nitrogens with zero attached hydrogens (tertiary/aromatic N) is 2. The molecule has 0 unspecified atom stereocenters. The second kappa shape index (κ2) is 6.32. The number of rotatable bonds is 5. The van der Waals surface area contributed by atoms with Gasteiger partial charge in [-0.15, -0.1) is 0 Å². The number of halogens is 1. The minimum atomic E-state index is 0.536. The Morgan fingerprint density at radius 1 is 1.29 bits per heavy atom. The highest BCUT2D eigenvalue weighted by molar-refractivity contribution is 6.32. The van der Waals surface area contributed by atoms with Crippen molar-refractivity contribution in [3.8, 4) is 11.5 Å². The molecular weight excluding hydrogens is 294 g/mol. The van der Waals surface area contributed by atoms with Crippen LogP contribution in [0.5, 0.6) is 11.5 Å². The Kier molecular flexibility index (Phi) is 4.26. The van der Waals surface area contributed by atoms with Gasteiger partial charge in [0, 0.05) is 19.5 Å². The summed E-state index contributed by atoms with van der Waals surface area (Å²) < 4.78 is 16.1. The Morgan fingerprint density at radius 2 is 2.14 bits per heavy atom. The highest BCUT2D eigenvalue weighted by atomic mass is 35.5. The largest absolute Gasteiger partial charge is 0.486 e. The molecule has 1 N–H and O–H groups in total. The average Bonchev–Trinajstić information content (AvgIpc) is 2.89. The minimum absolute atomic E-state index is 0.536. The Morgan fingerprint density at radius 3 is 2.95 bits per heavy atom. The first-order valence-electron chi connectivity index (χ1n) is 6.80. The number of aryl methyl sites for hydroxylation is 1. The standard InChI is InChI=1S/C14H16ClN3O3/c1-9-17-13(21-18-9)2-3-16-8-10-6-11(15)14-12(7-10)19-4-5-20-14/h6-7,16H,2-5,8H2,1H3. The van der Waals surface area contributed by atoms with E-state index in [2.05, 4.69) is 15.5 Å². The molecule has 0 fully saturated rings. The van der Waals surface area contributed by atoms with E-state index < -0.39 is 0 Å². The summed E-state index contributed by atoms with van der Waals surface area (Å²) in [6.45, 7) is 4.32. The zero-order chi connectivity index (χ0) is 14.7. The zero-order valence-electron chi connectivity index (χ0n) is 11.7. The summed E-state index contributed by atoms with van der Waals surface area (Å²) in [6, 6.07) is 3.84. The first kappa shape index (κ1) is 14.2. The quantitative estimate of drug-likeness (QED) is 0.853. The van der Waals surface area contributed by atoms with Gasteiger partial charge in [-0.25, -0.2) is 0 Å². The third kappa shape index (κ3) is 3.46. The van der Waals surface area contributed by atoms with Crippen molar-refractivity contribution in [3.63, 3.8) is 0 Å². The van der Waals surface area contributed by atoms with Crippen LogP contribution < -0.4 is 14.8 Å². The second-order valence-electron chi connectivity index (χ2n) is 4.76. The van der Waals surface area contributed by atoms with E-state index in [1.54, 1.807) is 6.92 Å². The van der Waals surface area contributed by atoms with Crippen molar-refractivity contribution in [3.05, 3.63) is 34.4 Å². The van der Waals surface area contributed by atoms with Crippen LogP contribution in [0.4, 0.5) is 0 Å². The lowest BCUT2D eigenvalue weighted by atomic mass is 10.2. The molecule has 1 aromatic carbocycles. The minimum Gasteiger partial charge on any atom is -0.486 e. The molecule has 1 aliphatic heterocycles. The molecule has 0 saturated carbocycles. The van der Waals surface area contributed by atoms with Gasteiger partial charge < -0.3 is 19.3 Å². The number of ether oxygens (including phenoxy) is 2. The van der Waals surface area contributed by atoms with Crippen molar-refractivity contribution in [1.82, 2.24) is 15.5 Å². The molecule has 6 nitrogen and oxygen atoms in total. The number of hydrogen-bond donors (Lipinski definition) is 1. The molecule has 2 heterocycles. The second-order valence-corrected chi connectivity index (χ2v) is 5.17. The molecule has 21 heavy (non-hydrogen) atoms. The van der Waals surface area contributed by atoms with Crippen molar-refractivity contribution in [2.45, 2.75) is 19.9 Å². The maximum Gasteiger partial charge on any atom is 0.227 e. The molecule has 0 amide bonds. The van der Waals surface area contributed by atoms with Crippen LogP contribution in [-0.4, -0.2) is 29.9 Å². The Balaban J connectivity index is 1.54. The SMILES string of the molecule is Cc1noc(CCNCc2cc(Cl)c3c(c2)OCCO3)n1. The van der Waals surface area contributed by atoms with Crippen LogP contribution in [0.25, 0.3) is 0 Å². The van der Waals surface area contributed by atoms with Gasteiger partial charge in [0.25, 0.3) is 0 Å². The van der Waals surface area contributed by atoms with E-state index in [1.807, 2.05) is 12.1 Å². The fourth-order valence-electron chi connectivity index (χ4n) is 2.14. The summed E-state index contributed by atoms with van der Waals surface area (Å²) in [5.74, 6) is 2.63. The van der Waals surface area contributed by atoms with E-state index in [0.29, 0.717) is 54.4 Å². The van der Waals surface area contributed by atoms with Gasteiger partial charge in [0.2, 0.25) is 5.89 Å². The van der Waals surface area contributed by atoms with Gasteiger partial charge in [-0.3, -0.25) is 0 Å². The predicted molar refractivity (Wildman–Crippen MR) is 76.9 cm³/mol. The van der Waals surface area contributed by atoms with E-state index in [-0.39, 0.29) is 0 Å². The molecule has 0 atom stereocenters. The third-order valence-corrected chi connectivity index (χ3v) is 3.35. The summed E-state index contributed by atoms with van der Waals surface area (Å²) >= 11 is 6.19. The third-order valence-electron chi connectivity index (χ3n) is 3.07. The normalized spacial score (nSPS) is 13.4. The summed E-state index contributed by atoms with van der Waals surface area (Å²) in [5.41, 5.74) is 1.05. The molecule has 0 bridgehead atoms. The number of benzene rings is 1. The van der Waals surface area contributed by atoms with Crippen LogP contribution in [0.15, 0.2) is 16.7 Å². The van der Waals surface area contributed by atoms with Gasteiger partial charge in [-0.05, 0) is 24.6 Å². The first-order valence-corrected chi connectivity index (χ1v) is 7.18. The zero-order valence-corrected chi connectivity index (χ0v) is 12.4. The van der Waals surface area contributed by atoms with Crippen LogP contribution in [0, 0.1) is 6.92 Å². The molecule has 1 aromatic heterocycles. The predicted octanol–water partition coefficient (Wildman–Crippen LogP) is 2.13. The Bertz CT molecular complexity index is 630. The summed E-state index contributed by atoms with van der Waals surface area (Å²) in [4.78, 5) is 4.15. The molecule has 0 radical (unpaired) electrons. The lowest BCUT2D eigenvalue weighted by molar-refractivity contribution is 0.171. The van der Waals surface area contributed by atoms with Crippen LogP contribution in [-0.2, 0) is 13.0 Å². The summed E-state index contributed by atoms with van der Waals surface area (Å²) in [7, 11) is 0. The van der Waals surface area contributed by atoms with Crippen molar-refractivity contribution in [2.24, 2.45) is 0 Å². The van der Waals surface area contributed by atoms with Crippen molar-refractivity contribution < 1.29 is 14.0 Å². The molecular formula is C14H16ClN3O3. The lowest BCUT2D eigenvalue weighted by Crippen LogP contribution is -2.18. The van der Waals surface area contributed by atoms with Crippen molar-refractivity contribution in [1.29, 1.82) is 0 Å². The Labute approximate surface area is 127 Å². The maximum atomic E-state index is 6.19. The monoisotopic (exact) mass is 309 g/mol. The number of aromatic nitrogens is 2.